The first kappa shape index (κ1) is 15.1. The van der Waals surface area contributed by atoms with Gasteiger partial charge in [0.15, 0.2) is 0 Å². The standard InChI is InChI=1S/C15H21ClN2O2/c1-2-18(10-11-4-3-7-17-9-11)15(20)13-8-12(19)5-6-14(13)16/h5-6,8,11,17,19H,2-4,7,9-10H2,1H3. The first-order valence-electron chi connectivity index (χ1n) is 7.10. The lowest BCUT2D eigenvalue weighted by atomic mass is 9.98. The molecule has 1 saturated heterocycles. The smallest absolute Gasteiger partial charge is 0.255 e. The fraction of sp³-hybridized carbons (Fsp3) is 0.533. The number of phenolic OH excluding ortho intramolecular Hbond substituents is 1. The van der Waals surface area contributed by atoms with Gasteiger partial charge in [0.25, 0.3) is 5.91 Å². The second kappa shape index (κ2) is 6.95. The van der Waals surface area contributed by atoms with Crippen molar-refractivity contribution in [3.05, 3.63) is 28.8 Å². The van der Waals surface area contributed by atoms with E-state index in [2.05, 4.69) is 5.32 Å². The van der Waals surface area contributed by atoms with E-state index in [0.717, 1.165) is 32.5 Å². The molecule has 20 heavy (non-hydrogen) atoms. The zero-order valence-electron chi connectivity index (χ0n) is 11.7. The number of carbonyl (C=O) groups excluding carboxylic acids is 1. The van der Waals surface area contributed by atoms with Crippen LogP contribution in [0, 0.1) is 5.92 Å². The van der Waals surface area contributed by atoms with Gasteiger partial charge in [0.05, 0.1) is 10.6 Å². The summed E-state index contributed by atoms with van der Waals surface area (Å²) in [6.07, 6.45) is 2.30. The summed E-state index contributed by atoms with van der Waals surface area (Å²) in [5.41, 5.74) is 0.372. The van der Waals surface area contributed by atoms with Crippen LogP contribution in [0.5, 0.6) is 5.75 Å². The molecule has 2 rings (SSSR count). The van der Waals surface area contributed by atoms with Gasteiger partial charge in [-0.15, -0.1) is 0 Å². The van der Waals surface area contributed by atoms with E-state index in [1.807, 2.05) is 6.92 Å². The molecule has 1 atom stereocenters. The summed E-state index contributed by atoms with van der Waals surface area (Å²) in [6.45, 7) is 5.35. The van der Waals surface area contributed by atoms with Gasteiger partial charge in [0.1, 0.15) is 5.75 Å². The van der Waals surface area contributed by atoms with E-state index in [4.69, 9.17) is 11.6 Å². The average molecular weight is 297 g/mol. The Morgan fingerprint density at radius 3 is 3.00 bits per heavy atom. The Morgan fingerprint density at radius 1 is 1.55 bits per heavy atom. The minimum absolute atomic E-state index is 0.0631. The normalized spacial score (nSPS) is 18.8. The van der Waals surface area contributed by atoms with Crippen molar-refractivity contribution in [3.63, 3.8) is 0 Å². The van der Waals surface area contributed by atoms with E-state index >= 15 is 0 Å². The second-order valence-corrected chi connectivity index (χ2v) is 5.63. The Balaban J connectivity index is 2.09. The van der Waals surface area contributed by atoms with Gasteiger partial charge in [0.2, 0.25) is 0 Å². The van der Waals surface area contributed by atoms with Gasteiger partial charge in [-0.25, -0.2) is 0 Å². The van der Waals surface area contributed by atoms with Crippen LogP contribution >= 0.6 is 11.6 Å². The number of carbonyl (C=O) groups is 1. The highest BCUT2D eigenvalue weighted by atomic mass is 35.5. The van der Waals surface area contributed by atoms with Crippen LogP contribution in [-0.2, 0) is 0 Å². The lowest BCUT2D eigenvalue weighted by Gasteiger charge is -2.29. The van der Waals surface area contributed by atoms with Crippen LogP contribution in [0.2, 0.25) is 5.02 Å². The van der Waals surface area contributed by atoms with Crippen molar-refractivity contribution < 1.29 is 9.90 Å². The Kier molecular flexibility index (Phi) is 5.26. The summed E-state index contributed by atoms with van der Waals surface area (Å²) in [5, 5.41) is 13.3. The summed E-state index contributed by atoms with van der Waals surface area (Å²) < 4.78 is 0. The van der Waals surface area contributed by atoms with Crippen LogP contribution in [0.4, 0.5) is 0 Å². The molecule has 1 fully saturated rings. The van der Waals surface area contributed by atoms with Crippen LogP contribution in [0.25, 0.3) is 0 Å². The van der Waals surface area contributed by atoms with E-state index in [9.17, 15) is 9.90 Å². The van der Waals surface area contributed by atoms with Crippen molar-refractivity contribution >= 4 is 17.5 Å². The molecule has 0 saturated carbocycles. The fourth-order valence-corrected chi connectivity index (χ4v) is 2.79. The maximum absolute atomic E-state index is 12.5. The highest BCUT2D eigenvalue weighted by Crippen LogP contribution is 2.23. The number of amides is 1. The Morgan fingerprint density at radius 2 is 2.35 bits per heavy atom. The molecule has 0 radical (unpaired) electrons. The Labute approximate surface area is 124 Å². The number of piperidine rings is 1. The van der Waals surface area contributed by atoms with Gasteiger partial charge < -0.3 is 15.3 Å². The van der Waals surface area contributed by atoms with E-state index in [-0.39, 0.29) is 11.7 Å². The van der Waals surface area contributed by atoms with Gasteiger partial charge in [0, 0.05) is 13.1 Å². The summed E-state index contributed by atoms with van der Waals surface area (Å²) in [7, 11) is 0. The number of hydrogen-bond acceptors (Lipinski definition) is 3. The number of benzene rings is 1. The molecule has 0 aliphatic carbocycles. The molecular weight excluding hydrogens is 276 g/mol. The second-order valence-electron chi connectivity index (χ2n) is 5.22. The molecule has 1 heterocycles. The molecule has 0 spiro atoms. The molecule has 110 valence electrons. The number of nitrogens with one attached hydrogen (secondary N) is 1. The molecule has 1 aliphatic rings. The minimum Gasteiger partial charge on any atom is -0.508 e. The van der Waals surface area contributed by atoms with Crippen LogP contribution in [-0.4, -0.2) is 42.1 Å². The van der Waals surface area contributed by atoms with Gasteiger partial charge >= 0.3 is 0 Å². The zero-order chi connectivity index (χ0) is 14.5. The van der Waals surface area contributed by atoms with E-state index in [0.29, 0.717) is 23.0 Å². The van der Waals surface area contributed by atoms with Gasteiger partial charge in [-0.05, 0) is 57.0 Å². The number of halogens is 1. The number of hydrogen-bond donors (Lipinski definition) is 2. The first-order chi connectivity index (χ1) is 9.61. The molecule has 1 aromatic carbocycles. The highest BCUT2D eigenvalue weighted by Gasteiger charge is 2.22. The van der Waals surface area contributed by atoms with Crippen molar-refractivity contribution in [1.29, 1.82) is 0 Å². The molecule has 0 bridgehead atoms. The van der Waals surface area contributed by atoms with Crippen LogP contribution in [0.1, 0.15) is 30.1 Å². The molecule has 1 aromatic rings. The maximum atomic E-state index is 12.5. The molecular formula is C15H21ClN2O2. The third-order valence-corrected chi connectivity index (χ3v) is 4.06. The SMILES string of the molecule is CCN(CC1CCCNC1)C(=O)c1cc(O)ccc1Cl. The molecule has 0 aromatic heterocycles. The molecule has 1 amide bonds. The summed E-state index contributed by atoms with van der Waals surface area (Å²) >= 11 is 6.06. The summed E-state index contributed by atoms with van der Waals surface area (Å²) in [4.78, 5) is 14.3. The number of aromatic hydroxyl groups is 1. The third kappa shape index (κ3) is 3.64. The van der Waals surface area contributed by atoms with Crippen LogP contribution < -0.4 is 5.32 Å². The Hall–Kier alpha value is -1.26. The zero-order valence-corrected chi connectivity index (χ0v) is 12.5. The van der Waals surface area contributed by atoms with Crippen molar-refractivity contribution in [2.75, 3.05) is 26.2 Å². The lowest BCUT2D eigenvalue weighted by Crippen LogP contribution is -2.41. The van der Waals surface area contributed by atoms with Gasteiger partial charge in [-0.3, -0.25) is 4.79 Å². The quantitative estimate of drug-likeness (QED) is 0.897. The van der Waals surface area contributed by atoms with E-state index in [1.165, 1.54) is 12.1 Å². The van der Waals surface area contributed by atoms with Crippen molar-refractivity contribution in [2.45, 2.75) is 19.8 Å². The van der Waals surface area contributed by atoms with E-state index in [1.54, 1.807) is 11.0 Å². The van der Waals surface area contributed by atoms with Crippen molar-refractivity contribution in [1.82, 2.24) is 10.2 Å². The molecule has 2 N–H and O–H groups in total. The van der Waals surface area contributed by atoms with E-state index < -0.39 is 0 Å². The lowest BCUT2D eigenvalue weighted by molar-refractivity contribution is 0.0729. The summed E-state index contributed by atoms with van der Waals surface area (Å²) in [5.74, 6) is 0.441. The number of rotatable bonds is 4. The average Bonchev–Trinajstić information content (AvgIpc) is 2.47. The Bertz CT molecular complexity index is 473. The van der Waals surface area contributed by atoms with Gasteiger partial charge in [-0.2, -0.15) is 0 Å². The molecule has 1 unspecified atom stereocenters. The summed E-state index contributed by atoms with van der Waals surface area (Å²) in [6, 6.07) is 4.48. The fourth-order valence-electron chi connectivity index (χ4n) is 2.59. The molecule has 5 heteroatoms. The highest BCUT2D eigenvalue weighted by molar-refractivity contribution is 6.33. The van der Waals surface area contributed by atoms with Crippen LogP contribution in [0.15, 0.2) is 18.2 Å². The molecule has 1 aliphatic heterocycles. The first-order valence-corrected chi connectivity index (χ1v) is 7.48. The van der Waals surface area contributed by atoms with Crippen molar-refractivity contribution in [3.8, 4) is 5.75 Å². The third-order valence-electron chi connectivity index (χ3n) is 3.73. The maximum Gasteiger partial charge on any atom is 0.255 e. The topological polar surface area (TPSA) is 52.6 Å². The minimum atomic E-state index is -0.112. The van der Waals surface area contributed by atoms with Gasteiger partial charge in [-0.1, -0.05) is 11.6 Å². The monoisotopic (exact) mass is 296 g/mol. The van der Waals surface area contributed by atoms with Crippen LogP contribution in [0.3, 0.4) is 0 Å². The largest absolute Gasteiger partial charge is 0.508 e. The predicted molar refractivity (Wildman–Crippen MR) is 80.3 cm³/mol. The van der Waals surface area contributed by atoms with Crippen molar-refractivity contribution in [2.24, 2.45) is 5.92 Å². The number of nitrogens with zero attached hydrogens (tertiary/aromatic N) is 1. The number of phenols is 1. The molecule has 4 nitrogen and oxygen atoms in total. The predicted octanol–water partition coefficient (Wildman–Crippen LogP) is 2.51.